The van der Waals surface area contributed by atoms with Gasteiger partial charge in [0.05, 0.1) is 46.0 Å². The summed E-state index contributed by atoms with van der Waals surface area (Å²) in [5.41, 5.74) is 3.28. The molecule has 1 aromatic carbocycles. The number of nitrogens with one attached hydrogen (secondary N) is 1. The normalized spacial score (nSPS) is 16.4. The lowest BCUT2D eigenvalue weighted by Gasteiger charge is -2.33. The summed E-state index contributed by atoms with van der Waals surface area (Å²) in [5, 5.41) is 12.7. The van der Waals surface area contributed by atoms with Gasteiger partial charge in [0.15, 0.2) is 5.65 Å². The predicted octanol–water partition coefficient (Wildman–Crippen LogP) is 4.96. The highest BCUT2D eigenvalue weighted by molar-refractivity contribution is 6.34. The molecule has 0 radical (unpaired) electrons. The van der Waals surface area contributed by atoms with Crippen LogP contribution in [-0.2, 0) is 0 Å². The molecule has 9 nitrogen and oxygen atoms in total. The quantitative estimate of drug-likeness (QED) is 0.314. The van der Waals surface area contributed by atoms with Gasteiger partial charge in [-0.1, -0.05) is 17.7 Å². The number of halogens is 2. The maximum atomic E-state index is 14.3. The number of rotatable bonds is 5. The molecule has 39 heavy (non-hydrogen) atoms. The van der Waals surface area contributed by atoms with Gasteiger partial charge in [-0.2, -0.15) is 5.10 Å². The van der Waals surface area contributed by atoms with Gasteiger partial charge in [0.1, 0.15) is 17.4 Å². The summed E-state index contributed by atoms with van der Waals surface area (Å²) in [6.07, 6.45) is 7.10. The number of aromatic amines is 1. The van der Waals surface area contributed by atoms with E-state index in [4.69, 9.17) is 21.3 Å². The Morgan fingerprint density at radius 3 is 2.79 bits per heavy atom. The number of aromatic nitrogens is 5. The molecular weight excluding hydrogens is 521 g/mol. The minimum absolute atomic E-state index is 0.0378. The zero-order valence-electron chi connectivity index (χ0n) is 21.2. The van der Waals surface area contributed by atoms with Gasteiger partial charge < -0.3 is 14.5 Å². The maximum absolute atomic E-state index is 14.3. The summed E-state index contributed by atoms with van der Waals surface area (Å²) in [4.78, 5) is 21.8. The van der Waals surface area contributed by atoms with E-state index in [1.807, 2.05) is 36.0 Å². The van der Waals surface area contributed by atoms with Crippen molar-refractivity contribution in [3.63, 3.8) is 0 Å². The summed E-state index contributed by atoms with van der Waals surface area (Å²) in [7, 11) is 0. The molecule has 2 aliphatic rings. The number of hydrogen-bond acceptors (Lipinski definition) is 6. The number of carbonyl (C=O) groups excluding carboxylic acids is 1. The van der Waals surface area contributed by atoms with Gasteiger partial charge in [0.25, 0.3) is 5.91 Å². The van der Waals surface area contributed by atoms with Crippen molar-refractivity contribution < 1.29 is 13.9 Å². The van der Waals surface area contributed by atoms with Gasteiger partial charge in [-0.05, 0) is 50.1 Å². The van der Waals surface area contributed by atoms with E-state index >= 15 is 0 Å². The van der Waals surface area contributed by atoms with Gasteiger partial charge in [0, 0.05) is 37.0 Å². The lowest BCUT2D eigenvalue weighted by molar-refractivity contribution is 0.0841. The van der Waals surface area contributed by atoms with Crippen LogP contribution in [0.1, 0.15) is 30.1 Å². The third-order valence-electron chi connectivity index (χ3n) is 7.83. The summed E-state index contributed by atoms with van der Waals surface area (Å²) < 4.78 is 21.9. The van der Waals surface area contributed by atoms with E-state index < -0.39 is 5.82 Å². The first-order valence-electron chi connectivity index (χ1n) is 12.9. The van der Waals surface area contributed by atoms with Crippen molar-refractivity contribution in [1.82, 2.24) is 29.7 Å². The van der Waals surface area contributed by atoms with Gasteiger partial charge in [-0.25, -0.2) is 13.9 Å². The lowest BCUT2D eigenvalue weighted by Crippen LogP contribution is -2.41. The fourth-order valence-electron chi connectivity index (χ4n) is 5.70. The number of H-pyrrole nitrogens is 1. The molecule has 2 fully saturated rings. The molecule has 11 heteroatoms. The Kier molecular flexibility index (Phi) is 5.48. The van der Waals surface area contributed by atoms with Crippen molar-refractivity contribution in [1.29, 1.82) is 0 Å². The Hall–Kier alpha value is -4.18. The van der Waals surface area contributed by atoms with Gasteiger partial charge in [-0.15, -0.1) is 5.10 Å². The van der Waals surface area contributed by atoms with Gasteiger partial charge >= 0.3 is 0 Å². The van der Waals surface area contributed by atoms with E-state index in [0.717, 1.165) is 59.5 Å². The van der Waals surface area contributed by atoms with E-state index in [2.05, 4.69) is 26.3 Å². The van der Waals surface area contributed by atoms with Crippen molar-refractivity contribution in [2.75, 3.05) is 31.1 Å². The van der Waals surface area contributed by atoms with Crippen molar-refractivity contribution in [3.8, 4) is 16.9 Å². The summed E-state index contributed by atoms with van der Waals surface area (Å²) >= 11 is 6.14. The highest BCUT2D eigenvalue weighted by Crippen LogP contribution is 2.44. The number of anilines is 1. The van der Waals surface area contributed by atoms with E-state index in [1.54, 1.807) is 17.2 Å². The lowest BCUT2D eigenvalue weighted by atomic mass is 9.96. The van der Waals surface area contributed by atoms with Crippen molar-refractivity contribution >= 4 is 39.9 Å². The van der Waals surface area contributed by atoms with Crippen LogP contribution in [0.5, 0.6) is 5.75 Å². The number of benzene rings is 1. The number of ether oxygens (including phenoxy) is 1. The van der Waals surface area contributed by atoms with Crippen LogP contribution in [0.2, 0.25) is 5.02 Å². The van der Waals surface area contributed by atoms with Crippen LogP contribution < -0.4 is 9.64 Å². The van der Waals surface area contributed by atoms with Crippen LogP contribution in [0, 0.1) is 5.82 Å². The Morgan fingerprint density at radius 1 is 1.21 bits per heavy atom. The molecule has 1 amide bonds. The molecule has 2 aliphatic heterocycles. The van der Waals surface area contributed by atoms with Crippen LogP contribution in [0.3, 0.4) is 0 Å². The van der Waals surface area contributed by atoms with Crippen molar-refractivity contribution in [2.45, 2.75) is 25.3 Å². The van der Waals surface area contributed by atoms with Crippen molar-refractivity contribution in [2.24, 2.45) is 0 Å². The maximum Gasteiger partial charge on any atom is 0.258 e. The van der Waals surface area contributed by atoms with Crippen LogP contribution in [-0.4, -0.2) is 67.4 Å². The number of carbonyl (C=O) groups is 1. The predicted molar refractivity (Wildman–Crippen MR) is 146 cm³/mol. The summed E-state index contributed by atoms with van der Waals surface area (Å²) in [5.74, 6) is 0.693. The minimum Gasteiger partial charge on any atom is -0.492 e. The fraction of sp³-hybridized carbons (Fsp3) is 0.286. The van der Waals surface area contributed by atoms with Crippen molar-refractivity contribution in [3.05, 3.63) is 71.4 Å². The first-order valence-corrected chi connectivity index (χ1v) is 13.3. The molecule has 0 aliphatic carbocycles. The first-order chi connectivity index (χ1) is 19.0. The topological polar surface area (TPSA) is 91.4 Å². The SMILES string of the molecule is CCOc1cc(-c2ccc(N3CCC4(CC3)CN4C(=O)c3c(F)cccc3Cl)nc2)c2c3cn[nH]c3nn2c1. The summed E-state index contributed by atoms with van der Waals surface area (Å²) in [6.45, 7) is 4.63. The molecule has 2 saturated heterocycles. The van der Waals surface area contributed by atoms with E-state index in [1.165, 1.54) is 12.1 Å². The van der Waals surface area contributed by atoms with Crippen LogP contribution >= 0.6 is 11.6 Å². The Morgan fingerprint density at radius 2 is 2.05 bits per heavy atom. The molecule has 7 rings (SSSR count). The second-order valence-corrected chi connectivity index (χ2v) is 10.5. The minimum atomic E-state index is -0.579. The number of piperidine rings is 1. The molecule has 6 heterocycles. The Bertz CT molecular complexity index is 1700. The smallest absolute Gasteiger partial charge is 0.258 e. The molecule has 5 aromatic rings. The molecule has 0 atom stereocenters. The second kappa shape index (κ2) is 8.94. The largest absolute Gasteiger partial charge is 0.492 e. The average molecular weight is 546 g/mol. The highest BCUT2D eigenvalue weighted by Gasteiger charge is 2.56. The molecule has 198 valence electrons. The fourth-order valence-corrected chi connectivity index (χ4v) is 5.95. The van der Waals surface area contributed by atoms with Crippen LogP contribution in [0.4, 0.5) is 10.2 Å². The molecule has 0 unspecified atom stereocenters. The van der Waals surface area contributed by atoms with E-state index in [-0.39, 0.29) is 22.0 Å². The molecule has 0 bridgehead atoms. The molecular formula is C28H25ClFN7O2. The third kappa shape index (κ3) is 3.89. The second-order valence-electron chi connectivity index (χ2n) is 10.1. The number of nitrogens with zero attached hydrogens (tertiary/aromatic N) is 6. The standard InChI is InChI=1S/C28H25ClFN7O2/c1-2-39-18-12-19(25-20-14-32-33-26(20)34-37(25)15-18)17-6-7-23(31-13-17)35-10-8-28(9-11-35)16-36(28)27(38)24-21(29)4-3-5-22(24)30/h3-7,12-15H,2,8-11,16H2,1H3,(H,33,34). The first kappa shape index (κ1) is 23.9. The van der Waals surface area contributed by atoms with E-state index in [0.29, 0.717) is 18.8 Å². The molecule has 4 aromatic heterocycles. The Labute approximate surface area is 228 Å². The Balaban J connectivity index is 1.10. The average Bonchev–Trinajstić information content (AvgIpc) is 3.24. The molecule has 0 saturated carbocycles. The zero-order valence-corrected chi connectivity index (χ0v) is 22.0. The highest BCUT2D eigenvalue weighted by atomic mass is 35.5. The molecule has 1 spiro atoms. The zero-order chi connectivity index (χ0) is 26.7. The van der Waals surface area contributed by atoms with Gasteiger partial charge in [0.2, 0.25) is 0 Å². The third-order valence-corrected chi connectivity index (χ3v) is 8.15. The number of pyridine rings is 2. The number of hydrogen-bond donors (Lipinski definition) is 1. The van der Waals surface area contributed by atoms with Gasteiger partial charge in [-0.3, -0.25) is 9.89 Å². The van der Waals surface area contributed by atoms with Crippen LogP contribution in [0.25, 0.3) is 27.7 Å². The molecule has 1 N–H and O–H groups in total. The van der Waals surface area contributed by atoms with Crippen LogP contribution in [0.15, 0.2) is 55.0 Å². The van der Waals surface area contributed by atoms with E-state index in [9.17, 15) is 9.18 Å². The number of fused-ring (bicyclic) bond motifs is 3. The summed E-state index contributed by atoms with van der Waals surface area (Å²) in [6, 6.07) is 10.4. The monoisotopic (exact) mass is 545 g/mol. The number of amides is 1.